The van der Waals surface area contributed by atoms with E-state index in [0.717, 1.165) is 5.56 Å². The highest BCUT2D eigenvalue weighted by Crippen LogP contribution is 2.27. The smallest absolute Gasteiger partial charge is 0.226 e. The molecule has 0 radical (unpaired) electrons. The summed E-state index contributed by atoms with van der Waals surface area (Å²) < 4.78 is 0. The zero-order valence-electron chi connectivity index (χ0n) is 60.4. The van der Waals surface area contributed by atoms with Gasteiger partial charge in [-0.1, -0.05) is 90.4 Å². The summed E-state index contributed by atoms with van der Waals surface area (Å²) in [4.78, 5) is 175. The Balaban J connectivity index is 2.67. The number of hydrogen-bond donors (Lipinski definition) is 15. The van der Waals surface area contributed by atoms with E-state index in [1.54, 1.807) is 6.92 Å². The number of rotatable bonds is 54. The standard InChI is InChI=1S/C72H117N15O14/c1-41(2)32-51(45(7)83-58(36-47-16-10-9-11-17-47)59(90)34-43(5)66(76)97)39-63(94)57(33-42(3)4)87-68(99)49(18-12-13-29-73)37-60(91)55(20-15-31-82-72(79)80)85-70(101)52(35-48-21-24-53(89)25-22-48)40-62(93)56(26-28-65(75)96)86-69(100)50(23-27-64(74)95)38-61(92)54(19-14-30-81-71(77)78)84-67(98)44(6)46(8)88/h9-11,16-17,21-22,24-25,41-46,49-52,54-58,83,88-89H,12-15,18-20,23,26-40,73H2,1-8H3,(H2,74,95)(H2,75,96)(H2,76,97)(H,84,98)(H,85,101)(H,86,100)(H,87,99)(H4,77,78,81)(H4,79,80,82)/t43-,44+,45?,46-,49-,50-,51-,52-,54+,55+,56+,57+,58+/m1/s1. The lowest BCUT2D eigenvalue weighted by atomic mass is 9.83. The van der Waals surface area contributed by atoms with Gasteiger partial charge in [0.05, 0.1) is 42.2 Å². The molecule has 0 heterocycles. The number of aliphatic hydroxyl groups excluding tert-OH is 1. The first kappa shape index (κ1) is 88.4. The summed E-state index contributed by atoms with van der Waals surface area (Å²) >= 11 is 0. The molecular weight excluding hydrogens is 1300 g/mol. The van der Waals surface area contributed by atoms with Crippen molar-refractivity contribution in [3.05, 3.63) is 65.7 Å². The van der Waals surface area contributed by atoms with E-state index in [-0.39, 0.29) is 137 Å². The van der Waals surface area contributed by atoms with Crippen molar-refractivity contribution in [3.8, 4) is 5.75 Å². The van der Waals surface area contributed by atoms with Crippen molar-refractivity contribution in [2.24, 2.45) is 103 Å². The van der Waals surface area contributed by atoms with Crippen LogP contribution in [0.2, 0.25) is 0 Å². The summed E-state index contributed by atoms with van der Waals surface area (Å²) in [6.07, 6.45) is -2.14. The van der Waals surface area contributed by atoms with Crippen molar-refractivity contribution in [1.29, 1.82) is 0 Å². The first-order valence-corrected chi connectivity index (χ1v) is 35.3. The number of nitrogens with zero attached hydrogens (tertiary/aromatic N) is 2. The van der Waals surface area contributed by atoms with Crippen molar-refractivity contribution < 1.29 is 67.7 Å². The average Bonchev–Trinajstić information content (AvgIpc) is 0.861. The normalized spacial score (nSPS) is 15.2. The second kappa shape index (κ2) is 46.7. The fourth-order valence-corrected chi connectivity index (χ4v) is 11.8. The van der Waals surface area contributed by atoms with E-state index in [0.29, 0.717) is 31.2 Å². The number of phenols is 1. The molecule has 0 aliphatic rings. The van der Waals surface area contributed by atoms with Crippen LogP contribution in [-0.4, -0.2) is 154 Å². The number of guanidine groups is 2. The number of nitrogens with one attached hydrogen (secondary N) is 5. The molecule has 0 aromatic heterocycles. The van der Waals surface area contributed by atoms with Gasteiger partial charge in [-0.25, -0.2) is 0 Å². The minimum absolute atomic E-state index is 0.0113. The van der Waals surface area contributed by atoms with Gasteiger partial charge in [0.2, 0.25) is 41.4 Å². The Morgan fingerprint density at radius 1 is 0.446 bits per heavy atom. The summed E-state index contributed by atoms with van der Waals surface area (Å²) in [7, 11) is 0. The summed E-state index contributed by atoms with van der Waals surface area (Å²) in [6, 6.07) is 8.92. The number of Topliss-reactive ketones (excluding diaryl/α,β-unsaturated/α-hetero) is 5. The van der Waals surface area contributed by atoms with Crippen LogP contribution in [0.15, 0.2) is 64.6 Å². The molecule has 0 fully saturated rings. The molecule has 0 spiro atoms. The van der Waals surface area contributed by atoms with Crippen LogP contribution in [0, 0.1) is 47.3 Å². The largest absolute Gasteiger partial charge is 0.508 e. The quantitative estimate of drug-likeness (QED) is 0.0255. The van der Waals surface area contributed by atoms with Crippen LogP contribution in [0.3, 0.4) is 0 Å². The molecule has 7 amide bonds. The van der Waals surface area contributed by atoms with E-state index in [1.165, 1.54) is 38.1 Å². The van der Waals surface area contributed by atoms with Gasteiger partial charge < -0.3 is 82.7 Å². The van der Waals surface area contributed by atoms with Crippen molar-refractivity contribution in [1.82, 2.24) is 26.6 Å². The Morgan fingerprint density at radius 3 is 1.36 bits per heavy atom. The molecule has 564 valence electrons. The zero-order valence-corrected chi connectivity index (χ0v) is 60.4. The maximum absolute atomic E-state index is 15.0. The number of carbonyl (C=O) groups excluding carboxylic acids is 12. The van der Waals surface area contributed by atoms with Crippen LogP contribution >= 0.6 is 0 Å². The lowest BCUT2D eigenvalue weighted by Gasteiger charge is -2.32. The Labute approximate surface area is 594 Å². The number of carbonyl (C=O) groups is 12. The first-order chi connectivity index (χ1) is 47.5. The monoisotopic (exact) mass is 1420 g/mol. The number of hydrogen-bond acceptors (Lipinski definition) is 18. The molecule has 0 bridgehead atoms. The molecule has 29 heteroatoms. The third-order valence-electron chi connectivity index (χ3n) is 17.9. The minimum Gasteiger partial charge on any atom is -0.508 e. The fourth-order valence-electron chi connectivity index (χ4n) is 11.8. The number of nitrogens with two attached hydrogens (primary N) is 8. The van der Waals surface area contributed by atoms with E-state index < -0.39 is 163 Å². The van der Waals surface area contributed by atoms with E-state index in [4.69, 9.17) is 45.9 Å². The van der Waals surface area contributed by atoms with Gasteiger partial charge in [0.1, 0.15) is 5.75 Å². The number of aliphatic imine (C=N–C) groups is 2. The molecule has 13 atom stereocenters. The predicted octanol–water partition coefficient (Wildman–Crippen LogP) is 1.72. The molecule has 2 aromatic carbocycles. The third kappa shape index (κ3) is 36.0. The number of aliphatic hydroxyl groups is 1. The number of ketones is 5. The first-order valence-electron chi connectivity index (χ1n) is 35.3. The number of unbranched alkanes of at least 4 members (excludes halogenated alkanes) is 1. The van der Waals surface area contributed by atoms with Gasteiger partial charge in [-0.2, -0.15) is 0 Å². The molecule has 2 rings (SSSR count). The molecule has 1 unspecified atom stereocenters. The molecule has 23 N–H and O–H groups in total. The van der Waals surface area contributed by atoms with Crippen LogP contribution in [0.1, 0.15) is 182 Å². The number of primary amides is 3. The van der Waals surface area contributed by atoms with Gasteiger partial charge in [-0.3, -0.25) is 67.5 Å². The lowest BCUT2D eigenvalue weighted by molar-refractivity contribution is -0.136. The number of aromatic hydroxyl groups is 1. The highest BCUT2D eigenvalue weighted by molar-refractivity contribution is 5.98. The Kier molecular flexibility index (Phi) is 40.8. The van der Waals surface area contributed by atoms with Crippen LogP contribution in [0.4, 0.5) is 0 Å². The Hall–Kier alpha value is -8.70. The molecule has 0 aliphatic carbocycles. The highest BCUT2D eigenvalue weighted by Gasteiger charge is 2.37. The van der Waals surface area contributed by atoms with E-state index in [2.05, 4.69) is 36.6 Å². The summed E-state index contributed by atoms with van der Waals surface area (Å²) in [6.45, 7) is 14.6. The lowest BCUT2D eigenvalue weighted by Crippen LogP contribution is -2.50. The second-order valence-electron chi connectivity index (χ2n) is 27.8. The maximum Gasteiger partial charge on any atom is 0.226 e. The van der Waals surface area contributed by atoms with Gasteiger partial charge >= 0.3 is 0 Å². The summed E-state index contributed by atoms with van der Waals surface area (Å²) in [5, 5.41) is 35.0. The second-order valence-corrected chi connectivity index (χ2v) is 27.8. The van der Waals surface area contributed by atoms with E-state index in [1.807, 2.05) is 65.0 Å². The van der Waals surface area contributed by atoms with Gasteiger partial charge in [0.15, 0.2) is 40.8 Å². The van der Waals surface area contributed by atoms with Crippen molar-refractivity contribution in [2.45, 2.75) is 226 Å². The third-order valence-corrected chi connectivity index (χ3v) is 17.9. The highest BCUT2D eigenvalue weighted by atomic mass is 16.3. The van der Waals surface area contributed by atoms with Crippen molar-refractivity contribution in [3.63, 3.8) is 0 Å². The number of benzene rings is 2. The van der Waals surface area contributed by atoms with Gasteiger partial charge in [-0.15, -0.1) is 0 Å². The van der Waals surface area contributed by atoms with E-state index >= 15 is 9.59 Å². The molecule has 0 saturated carbocycles. The van der Waals surface area contributed by atoms with Crippen LogP contribution < -0.4 is 72.5 Å². The average molecular weight is 1420 g/mol. The minimum atomic E-state index is -1.55. The van der Waals surface area contributed by atoms with Crippen LogP contribution in [-0.2, 0) is 70.4 Å². The Morgan fingerprint density at radius 2 is 0.881 bits per heavy atom. The molecule has 0 aliphatic heterocycles. The fraction of sp³-hybridized carbons (Fsp3) is 0.639. The Bertz CT molecular complexity index is 3070. The van der Waals surface area contributed by atoms with Crippen LogP contribution in [0.25, 0.3) is 0 Å². The van der Waals surface area contributed by atoms with Gasteiger partial charge in [-0.05, 0) is 138 Å². The topological polar surface area (TPSA) is 538 Å². The SMILES string of the molecule is CC(C)C[C@H](CC(=O)[C@H](CC(C)C)NC(=O)[C@H](CCCCN)CC(=O)[C@H](CCCN=C(N)N)NC(=O)[C@@H](CC(=O)[C@H](CCC(N)=O)NC(=O)[C@H](CCC(N)=O)CC(=O)[C@H](CCCN=C(N)N)NC(=O)[C@@H](C)[C@@H](C)O)Cc1ccc(O)cc1)C(C)N[C@@H](Cc1ccccc1)C(=O)C[C@@H](C)C(N)=O. The predicted molar refractivity (Wildman–Crippen MR) is 386 cm³/mol. The van der Waals surface area contributed by atoms with Gasteiger partial charge in [0.25, 0.3) is 0 Å². The maximum atomic E-state index is 15.0. The zero-order chi connectivity index (χ0) is 76.1. The van der Waals surface area contributed by atoms with Gasteiger partial charge in [0, 0.05) is 87.7 Å². The molecule has 2 aromatic rings. The molecule has 101 heavy (non-hydrogen) atoms. The molecule has 29 nitrogen and oxygen atoms in total. The number of phenolic OH excluding ortho intramolecular Hbond substituents is 1. The van der Waals surface area contributed by atoms with Crippen molar-refractivity contribution in [2.75, 3.05) is 19.6 Å². The van der Waals surface area contributed by atoms with Crippen molar-refractivity contribution >= 4 is 82.2 Å². The molecule has 0 saturated heterocycles. The van der Waals surface area contributed by atoms with E-state index in [9.17, 15) is 58.2 Å². The number of amides is 7. The summed E-state index contributed by atoms with van der Waals surface area (Å²) in [5.41, 5.74) is 46.2. The molecular formula is C72H117N15O14. The summed E-state index contributed by atoms with van der Waals surface area (Å²) in [5.74, 6) is -14.1. The van der Waals surface area contributed by atoms with Crippen LogP contribution in [0.5, 0.6) is 5.75 Å².